The van der Waals surface area contributed by atoms with Crippen LogP contribution in [0.1, 0.15) is 43.7 Å². The van der Waals surface area contributed by atoms with Crippen LogP contribution >= 0.6 is 0 Å². The third-order valence-electron chi connectivity index (χ3n) is 5.50. The molecule has 1 aliphatic carbocycles. The van der Waals surface area contributed by atoms with Crippen molar-refractivity contribution in [1.82, 2.24) is 5.32 Å². The Hall–Kier alpha value is -2.69. The van der Waals surface area contributed by atoms with Crippen LogP contribution in [0.25, 0.3) is 0 Å². The van der Waals surface area contributed by atoms with Crippen LogP contribution in [0.2, 0.25) is 0 Å². The van der Waals surface area contributed by atoms with Crippen molar-refractivity contribution in [3.05, 3.63) is 65.5 Å². The van der Waals surface area contributed by atoms with Crippen molar-refractivity contribution in [2.75, 3.05) is 5.32 Å². The molecule has 2 aromatic carbocycles. The Morgan fingerprint density at radius 1 is 0.929 bits per heavy atom. The third kappa shape index (κ3) is 5.18. The molecule has 0 heterocycles. The molecule has 0 atom stereocenters. The van der Waals surface area contributed by atoms with E-state index in [-0.39, 0.29) is 29.5 Å². The molecule has 0 aliphatic heterocycles. The SMILES string of the molecule is CCc1ccccc1NC(=O)C1CCC(C(=O)NCc2ccc(F)cc2)CC1. The molecule has 0 unspecified atom stereocenters. The predicted molar refractivity (Wildman–Crippen MR) is 108 cm³/mol. The highest BCUT2D eigenvalue weighted by atomic mass is 19.1. The van der Waals surface area contributed by atoms with Crippen molar-refractivity contribution in [3.8, 4) is 0 Å². The minimum atomic E-state index is -0.284. The lowest BCUT2D eigenvalue weighted by atomic mass is 9.81. The number of amides is 2. The van der Waals surface area contributed by atoms with Crippen molar-refractivity contribution in [2.24, 2.45) is 11.8 Å². The number of para-hydroxylation sites is 1. The standard InChI is InChI=1S/C23H27FN2O2/c1-2-17-5-3-4-6-21(17)26-23(28)19-11-9-18(10-12-19)22(27)25-15-16-7-13-20(24)14-8-16/h3-8,13-14,18-19H,2,9-12,15H2,1H3,(H,25,27)(H,26,28). The second-order valence-corrected chi connectivity index (χ2v) is 7.39. The fraction of sp³-hybridized carbons (Fsp3) is 0.391. The summed E-state index contributed by atoms with van der Waals surface area (Å²) in [6, 6.07) is 14.0. The first-order valence-electron chi connectivity index (χ1n) is 9.97. The van der Waals surface area contributed by atoms with Gasteiger partial charge in [-0.2, -0.15) is 0 Å². The number of hydrogen-bond donors (Lipinski definition) is 2. The molecule has 2 amide bonds. The molecule has 28 heavy (non-hydrogen) atoms. The van der Waals surface area contributed by atoms with Gasteiger partial charge in [-0.05, 0) is 61.4 Å². The maximum absolute atomic E-state index is 12.9. The number of halogens is 1. The van der Waals surface area contributed by atoms with E-state index in [1.54, 1.807) is 12.1 Å². The number of nitrogens with one attached hydrogen (secondary N) is 2. The fourth-order valence-corrected chi connectivity index (χ4v) is 3.74. The first-order chi connectivity index (χ1) is 13.6. The minimum absolute atomic E-state index is 0.0134. The summed E-state index contributed by atoms with van der Waals surface area (Å²) in [6.45, 7) is 2.47. The van der Waals surface area contributed by atoms with E-state index >= 15 is 0 Å². The Morgan fingerprint density at radius 2 is 1.54 bits per heavy atom. The van der Waals surface area contributed by atoms with Crippen molar-refractivity contribution in [1.29, 1.82) is 0 Å². The number of rotatable bonds is 6. The van der Waals surface area contributed by atoms with Gasteiger partial charge in [0.25, 0.3) is 0 Å². The number of anilines is 1. The first kappa shape index (κ1) is 20.1. The van der Waals surface area contributed by atoms with E-state index in [4.69, 9.17) is 0 Å². The van der Waals surface area contributed by atoms with Gasteiger partial charge in [0.05, 0.1) is 0 Å². The van der Waals surface area contributed by atoms with Gasteiger partial charge in [-0.1, -0.05) is 37.3 Å². The average Bonchev–Trinajstić information content (AvgIpc) is 2.73. The first-order valence-corrected chi connectivity index (χ1v) is 9.97. The molecule has 0 spiro atoms. The molecule has 148 valence electrons. The molecule has 1 fully saturated rings. The largest absolute Gasteiger partial charge is 0.352 e. The van der Waals surface area contributed by atoms with Crippen LogP contribution < -0.4 is 10.6 Å². The van der Waals surface area contributed by atoms with Gasteiger partial charge in [-0.3, -0.25) is 9.59 Å². The average molecular weight is 382 g/mol. The molecular weight excluding hydrogens is 355 g/mol. The molecule has 0 radical (unpaired) electrons. The van der Waals surface area contributed by atoms with Gasteiger partial charge in [0.15, 0.2) is 0 Å². The van der Waals surface area contributed by atoms with Crippen LogP contribution in [0, 0.1) is 17.7 Å². The van der Waals surface area contributed by atoms with E-state index in [9.17, 15) is 14.0 Å². The predicted octanol–water partition coefficient (Wildman–Crippen LogP) is 4.45. The Kier molecular flexibility index (Phi) is 6.80. The second-order valence-electron chi connectivity index (χ2n) is 7.39. The lowest BCUT2D eigenvalue weighted by Gasteiger charge is -2.27. The Balaban J connectivity index is 1.46. The van der Waals surface area contributed by atoms with E-state index in [0.29, 0.717) is 19.4 Å². The normalized spacial score (nSPS) is 19.1. The van der Waals surface area contributed by atoms with Crippen molar-refractivity contribution < 1.29 is 14.0 Å². The highest BCUT2D eigenvalue weighted by Crippen LogP contribution is 2.30. The van der Waals surface area contributed by atoms with E-state index in [1.807, 2.05) is 24.3 Å². The maximum Gasteiger partial charge on any atom is 0.227 e. The molecule has 5 heteroatoms. The van der Waals surface area contributed by atoms with E-state index in [1.165, 1.54) is 12.1 Å². The van der Waals surface area contributed by atoms with Crippen molar-refractivity contribution in [2.45, 2.75) is 45.6 Å². The van der Waals surface area contributed by atoms with Gasteiger partial charge in [-0.15, -0.1) is 0 Å². The van der Waals surface area contributed by atoms with Gasteiger partial charge in [0.1, 0.15) is 5.82 Å². The summed E-state index contributed by atoms with van der Waals surface area (Å²) < 4.78 is 12.9. The number of hydrogen-bond acceptors (Lipinski definition) is 2. The number of carbonyl (C=O) groups excluding carboxylic acids is 2. The fourth-order valence-electron chi connectivity index (χ4n) is 3.74. The van der Waals surface area contributed by atoms with Crippen LogP contribution in [0.4, 0.5) is 10.1 Å². The summed E-state index contributed by atoms with van der Waals surface area (Å²) in [7, 11) is 0. The lowest BCUT2D eigenvalue weighted by Crippen LogP contribution is -2.35. The molecule has 4 nitrogen and oxygen atoms in total. The minimum Gasteiger partial charge on any atom is -0.352 e. The molecule has 1 saturated carbocycles. The smallest absolute Gasteiger partial charge is 0.227 e. The quantitative estimate of drug-likeness (QED) is 0.775. The Morgan fingerprint density at radius 3 is 2.18 bits per heavy atom. The van der Waals surface area contributed by atoms with Gasteiger partial charge >= 0.3 is 0 Å². The van der Waals surface area contributed by atoms with Crippen LogP contribution in [0.5, 0.6) is 0 Å². The molecule has 3 rings (SSSR count). The summed E-state index contributed by atoms with van der Waals surface area (Å²) in [4.78, 5) is 25.0. The summed E-state index contributed by atoms with van der Waals surface area (Å²) in [5.74, 6) is -0.336. The summed E-state index contributed by atoms with van der Waals surface area (Å²) in [6.07, 6.45) is 3.73. The summed E-state index contributed by atoms with van der Waals surface area (Å²) in [5.41, 5.74) is 2.89. The van der Waals surface area contributed by atoms with Crippen LogP contribution in [-0.2, 0) is 22.6 Å². The number of aryl methyl sites for hydroxylation is 1. The maximum atomic E-state index is 12.9. The van der Waals surface area contributed by atoms with Gasteiger partial charge in [-0.25, -0.2) is 4.39 Å². The van der Waals surface area contributed by atoms with Crippen LogP contribution in [0.3, 0.4) is 0 Å². The zero-order chi connectivity index (χ0) is 19.9. The van der Waals surface area contributed by atoms with E-state index in [2.05, 4.69) is 17.6 Å². The van der Waals surface area contributed by atoms with Gasteiger partial charge in [0.2, 0.25) is 11.8 Å². The zero-order valence-corrected chi connectivity index (χ0v) is 16.2. The van der Waals surface area contributed by atoms with Crippen LogP contribution in [-0.4, -0.2) is 11.8 Å². The molecule has 1 aliphatic rings. The monoisotopic (exact) mass is 382 g/mol. The highest BCUT2D eigenvalue weighted by molar-refractivity contribution is 5.93. The molecule has 2 N–H and O–H groups in total. The van der Waals surface area contributed by atoms with E-state index in [0.717, 1.165) is 36.1 Å². The molecule has 0 aromatic heterocycles. The van der Waals surface area contributed by atoms with Gasteiger partial charge < -0.3 is 10.6 Å². The molecule has 0 saturated heterocycles. The topological polar surface area (TPSA) is 58.2 Å². The second kappa shape index (κ2) is 9.49. The number of benzene rings is 2. The molecular formula is C23H27FN2O2. The van der Waals surface area contributed by atoms with Crippen molar-refractivity contribution >= 4 is 17.5 Å². The number of carbonyl (C=O) groups is 2. The molecule has 0 bridgehead atoms. The summed E-state index contributed by atoms with van der Waals surface area (Å²) >= 11 is 0. The third-order valence-corrected chi connectivity index (χ3v) is 5.50. The lowest BCUT2D eigenvalue weighted by molar-refractivity contribution is -0.128. The van der Waals surface area contributed by atoms with Gasteiger partial charge in [0, 0.05) is 24.1 Å². The Bertz CT molecular complexity index is 812. The molecule has 2 aromatic rings. The van der Waals surface area contributed by atoms with Crippen LogP contribution in [0.15, 0.2) is 48.5 Å². The Labute approximate surface area is 165 Å². The van der Waals surface area contributed by atoms with Crippen molar-refractivity contribution in [3.63, 3.8) is 0 Å². The highest BCUT2D eigenvalue weighted by Gasteiger charge is 2.30. The summed E-state index contributed by atoms with van der Waals surface area (Å²) in [5, 5.41) is 5.98. The zero-order valence-electron chi connectivity index (χ0n) is 16.2. The van der Waals surface area contributed by atoms with E-state index < -0.39 is 0 Å².